The van der Waals surface area contributed by atoms with Gasteiger partial charge in [0, 0.05) is 29.4 Å². The monoisotopic (exact) mass is 315 g/mol. The van der Waals surface area contributed by atoms with E-state index in [2.05, 4.69) is 10.3 Å². The summed E-state index contributed by atoms with van der Waals surface area (Å²) < 4.78 is 0. The van der Waals surface area contributed by atoms with E-state index in [9.17, 15) is 14.9 Å². The van der Waals surface area contributed by atoms with Crippen molar-refractivity contribution in [3.05, 3.63) is 69.4 Å². The topological polar surface area (TPSA) is 88.0 Å². The van der Waals surface area contributed by atoms with Crippen LogP contribution in [0.2, 0.25) is 5.02 Å². The summed E-state index contributed by atoms with van der Waals surface area (Å²) in [4.78, 5) is 25.5. The lowest BCUT2D eigenvalue weighted by Gasteiger charge is -2.07. The van der Waals surface area contributed by atoms with Crippen molar-refractivity contribution in [2.24, 2.45) is 0 Å². The van der Waals surface area contributed by atoms with E-state index in [-0.39, 0.29) is 22.3 Å². The van der Waals surface area contributed by atoms with E-state index >= 15 is 0 Å². The number of fused-ring (bicyclic) bond motifs is 1. The summed E-state index contributed by atoms with van der Waals surface area (Å²) in [5, 5.41) is 14.6. The number of nitro groups is 1. The number of aromatic amines is 1. The van der Waals surface area contributed by atoms with Crippen molar-refractivity contribution >= 4 is 39.8 Å². The number of carbonyl (C=O) groups excluding carboxylic acids is 1. The van der Waals surface area contributed by atoms with Gasteiger partial charge in [-0.25, -0.2) is 0 Å². The van der Waals surface area contributed by atoms with E-state index < -0.39 is 4.92 Å². The number of non-ortho nitro benzene ring substituents is 1. The van der Waals surface area contributed by atoms with Gasteiger partial charge in [0.1, 0.15) is 0 Å². The van der Waals surface area contributed by atoms with Crippen molar-refractivity contribution in [2.45, 2.75) is 0 Å². The SMILES string of the molecule is O=C(Nc1cc([N+](=O)[O-])ccc1Cl)c1ccc2cc[nH]c2c1. The second-order valence-electron chi connectivity index (χ2n) is 4.66. The van der Waals surface area contributed by atoms with Crippen LogP contribution in [0.5, 0.6) is 0 Å². The van der Waals surface area contributed by atoms with E-state index in [4.69, 9.17) is 11.6 Å². The number of hydrogen-bond donors (Lipinski definition) is 2. The van der Waals surface area contributed by atoms with Crippen LogP contribution in [0.4, 0.5) is 11.4 Å². The largest absolute Gasteiger partial charge is 0.361 e. The van der Waals surface area contributed by atoms with Crippen LogP contribution in [-0.4, -0.2) is 15.8 Å². The van der Waals surface area contributed by atoms with Crippen LogP contribution in [0.25, 0.3) is 10.9 Å². The van der Waals surface area contributed by atoms with E-state index in [1.54, 1.807) is 18.3 Å². The lowest BCUT2D eigenvalue weighted by Crippen LogP contribution is -2.12. The fraction of sp³-hybridized carbons (Fsp3) is 0. The molecule has 0 bridgehead atoms. The number of carbonyl (C=O) groups is 1. The van der Waals surface area contributed by atoms with Crippen molar-refractivity contribution < 1.29 is 9.72 Å². The minimum atomic E-state index is -0.545. The van der Waals surface area contributed by atoms with Gasteiger partial charge in [0.05, 0.1) is 15.6 Å². The van der Waals surface area contributed by atoms with Gasteiger partial charge >= 0.3 is 0 Å². The van der Waals surface area contributed by atoms with Crippen LogP contribution in [0.15, 0.2) is 48.7 Å². The Labute approximate surface area is 129 Å². The highest BCUT2D eigenvalue weighted by Gasteiger charge is 2.13. The third-order valence-electron chi connectivity index (χ3n) is 3.23. The smallest absolute Gasteiger partial charge is 0.271 e. The summed E-state index contributed by atoms with van der Waals surface area (Å²) in [5.74, 6) is -0.390. The van der Waals surface area contributed by atoms with Crippen LogP contribution in [0.3, 0.4) is 0 Å². The normalized spacial score (nSPS) is 10.6. The number of anilines is 1. The first kappa shape index (κ1) is 14.1. The van der Waals surface area contributed by atoms with Gasteiger partial charge in [-0.15, -0.1) is 0 Å². The van der Waals surface area contributed by atoms with Crippen LogP contribution in [0, 0.1) is 10.1 Å². The summed E-state index contributed by atoms with van der Waals surface area (Å²) in [6.45, 7) is 0. The van der Waals surface area contributed by atoms with Gasteiger partial charge in [-0.2, -0.15) is 0 Å². The number of nitrogens with one attached hydrogen (secondary N) is 2. The number of aromatic nitrogens is 1. The fourth-order valence-corrected chi connectivity index (χ4v) is 2.27. The van der Waals surface area contributed by atoms with Crippen LogP contribution in [0.1, 0.15) is 10.4 Å². The van der Waals surface area contributed by atoms with Crippen LogP contribution >= 0.6 is 11.6 Å². The molecule has 0 aliphatic rings. The van der Waals surface area contributed by atoms with Crippen molar-refractivity contribution in [1.82, 2.24) is 4.98 Å². The summed E-state index contributed by atoms with van der Waals surface area (Å²) >= 11 is 5.97. The Hall–Kier alpha value is -2.86. The number of benzene rings is 2. The Morgan fingerprint density at radius 2 is 2.00 bits per heavy atom. The molecule has 0 atom stereocenters. The number of hydrogen-bond acceptors (Lipinski definition) is 3. The first-order chi connectivity index (χ1) is 10.5. The molecule has 0 unspecified atom stereocenters. The molecule has 2 aromatic carbocycles. The van der Waals surface area contributed by atoms with Crippen LogP contribution < -0.4 is 5.32 Å². The van der Waals surface area contributed by atoms with Crippen molar-refractivity contribution in [3.8, 4) is 0 Å². The molecule has 0 fully saturated rings. The maximum absolute atomic E-state index is 12.3. The predicted octanol–water partition coefficient (Wildman–Crippen LogP) is 3.98. The Kier molecular flexibility index (Phi) is 3.52. The number of halogens is 1. The second kappa shape index (κ2) is 5.50. The minimum absolute atomic E-state index is 0.139. The van der Waals surface area contributed by atoms with Crippen LogP contribution in [-0.2, 0) is 0 Å². The molecule has 6 nitrogen and oxygen atoms in total. The molecular formula is C15H10ClN3O3. The average molecular weight is 316 g/mol. The number of nitrogens with zero attached hydrogens (tertiary/aromatic N) is 1. The van der Waals surface area contributed by atoms with Gasteiger partial charge in [0.2, 0.25) is 0 Å². The molecule has 22 heavy (non-hydrogen) atoms. The Morgan fingerprint density at radius 3 is 2.77 bits per heavy atom. The molecule has 1 amide bonds. The van der Waals surface area contributed by atoms with Crippen molar-refractivity contribution in [2.75, 3.05) is 5.32 Å². The fourth-order valence-electron chi connectivity index (χ4n) is 2.11. The second-order valence-corrected chi connectivity index (χ2v) is 5.06. The van der Waals surface area contributed by atoms with E-state index in [0.29, 0.717) is 5.56 Å². The Bertz CT molecular complexity index is 889. The first-order valence-electron chi connectivity index (χ1n) is 6.37. The number of nitro benzene ring substituents is 1. The third kappa shape index (κ3) is 2.64. The molecule has 0 aliphatic heterocycles. The zero-order valence-electron chi connectivity index (χ0n) is 11.2. The summed E-state index contributed by atoms with van der Waals surface area (Å²) in [6.07, 6.45) is 1.78. The van der Waals surface area contributed by atoms with Gasteiger partial charge in [-0.05, 0) is 29.7 Å². The predicted molar refractivity (Wildman–Crippen MR) is 84.4 cm³/mol. The zero-order valence-corrected chi connectivity index (χ0v) is 11.9. The van der Waals surface area contributed by atoms with Gasteiger partial charge in [-0.3, -0.25) is 14.9 Å². The number of amides is 1. The molecule has 0 saturated carbocycles. The highest BCUT2D eigenvalue weighted by molar-refractivity contribution is 6.34. The summed E-state index contributed by atoms with van der Waals surface area (Å²) in [7, 11) is 0. The van der Waals surface area contributed by atoms with Gasteiger partial charge in [0.15, 0.2) is 0 Å². The Morgan fingerprint density at radius 1 is 1.18 bits per heavy atom. The van der Waals surface area contributed by atoms with Crippen molar-refractivity contribution in [3.63, 3.8) is 0 Å². The molecule has 0 saturated heterocycles. The highest BCUT2D eigenvalue weighted by Crippen LogP contribution is 2.27. The van der Waals surface area contributed by atoms with E-state index in [1.807, 2.05) is 12.1 Å². The minimum Gasteiger partial charge on any atom is -0.361 e. The summed E-state index contributed by atoms with van der Waals surface area (Å²) in [6, 6.07) is 11.0. The molecule has 2 N–H and O–H groups in total. The Balaban J connectivity index is 1.90. The van der Waals surface area contributed by atoms with E-state index in [1.165, 1.54) is 18.2 Å². The summed E-state index contributed by atoms with van der Waals surface area (Å²) in [5.41, 5.74) is 1.32. The van der Waals surface area contributed by atoms with Gasteiger partial charge in [0.25, 0.3) is 11.6 Å². The maximum atomic E-state index is 12.3. The molecule has 3 aromatic rings. The average Bonchev–Trinajstić information content (AvgIpc) is 2.96. The number of rotatable bonds is 3. The molecule has 0 radical (unpaired) electrons. The molecule has 0 spiro atoms. The zero-order chi connectivity index (χ0) is 15.7. The molecule has 1 heterocycles. The van der Waals surface area contributed by atoms with Gasteiger partial charge in [-0.1, -0.05) is 17.7 Å². The molecule has 0 aliphatic carbocycles. The molecule has 7 heteroatoms. The van der Waals surface area contributed by atoms with Gasteiger partial charge < -0.3 is 10.3 Å². The van der Waals surface area contributed by atoms with Crippen molar-refractivity contribution in [1.29, 1.82) is 0 Å². The lowest BCUT2D eigenvalue weighted by molar-refractivity contribution is -0.384. The molecule has 1 aromatic heterocycles. The lowest BCUT2D eigenvalue weighted by atomic mass is 10.1. The third-order valence-corrected chi connectivity index (χ3v) is 3.56. The number of H-pyrrole nitrogens is 1. The van der Waals surface area contributed by atoms with E-state index in [0.717, 1.165) is 10.9 Å². The first-order valence-corrected chi connectivity index (χ1v) is 6.75. The standard InChI is InChI=1S/C15H10ClN3O3/c16-12-4-3-11(19(21)22)8-14(12)18-15(20)10-2-1-9-5-6-17-13(9)7-10/h1-8,17H,(H,18,20). The molecule has 3 rings (SSSR count). The quantitative estimate of drug-likeness (QED) is 0.566. The highest BCUT2D eigenvalue weighted by atomic mass is 35.5. The maximum Gasteiger partial charge on any atom is 0.271 e. The molecular weight excluding hydrogens is 306 g/mol. The molecule has 110 valence electrons.